The number of carbonyl (C=O) groups is 1. The minimum Gasteiger partial charge on any atom is -0.276 e. The van der Waals surface area contributed by atoms with Gasteiger partial charge in [-0.3, -0.25) is 4.79 Å². The second kappa shape index (κ2) is 5.50. The van der Waals surface area contributed by atoms with Crippen molar-refractivity contribution in [1.82, 2.24) is 0 Å². The molecule has 0 aliphatic carbocycles. The van der Waals surface area contributed by atoms with E-state index in [9.17, 15) is 4.79 Å². The van der Waals surface area contributed by atoms with Crippen molar-refractivity contribution in [2.24, 2.45) is 0 Å². The van der Waals surface area contributed by atoms with Crippen molar-refractivity contribution < 1.29 is 4.79 Å². The third-order valence-corrected chi connectivity index (χ3v) is 6.36. The van der Waals surface area contributed by atoms with E-state index in [0.717, 1.165) is 10.4 Å². The number of benzene rings is 1. The summed E-state index contributed by atoms with van der Waals surface area (Å²) in [6.45, 7) is 3.98. The normalized spacial score (nSPS) is 14.7. The summed E-state index contributed by atoms with van der Waals surface area (Å²) < 4.78 is 0. The quantitative estimate of drug-likeness (QED) is 0.471. The van der Waals surface area contributed by atoms with Gasteiger partial charge in [-0.15, -0.1) is 0 Å². The average molecular weight is 298 g/mol. The summed E-state index contributed by atoms with van der Waals surface area (Å²) in [7, 11) is -2.88. The molecule has 6 heteroatoms. The highest BCUT2D eigenvalue weighted by Crippen LogP contribution is 2.04. The van der Waals surface area contributed by atoms with Crippen molar-refractivity contribution in [1.29, 1.82) is 0 Å². The van der Waals surface area contributed by atoms with Crippen molar-refractivity contribution in [2.45, 2.75) is 13.1 Å². The maximum absolute atomic E-state index is 11.1. The highest BCUT2D eigenvalue weighted by atomic mass is 35.6. The first kappa shape index (κ1) is 13.3. The minimum absolute atomic E-state index is 0.448. The van der Waals surface area contributed by atoms with Gasteiger partial charge >= 0.3 is 0 Å². The van der Waals surface area contributed by atoms with Crippen LogP contribution in [0.5, 0.6) is 0 Å². The Morgan fingerprint density at radius 3 is 1.73 bits per heavy atom. The van der Waals surface area contributed by atoms with Crippen LogP contribution in [-0.2, 0) is 0 Å². The van der Waals surface area contributed by atoms with Gasteiger partial charge in [-0.25, -0.2) is 0 Å². The first-order valence-corrected chi connectivity index (χ1v) is 11.9. The zero-order valence-corrected chi connectivity index (χ0v) is 13.0. The predicted octanol–water partition coefficient (Wildman–Crippen LogP) is 1.66. The SMILES string of the molecule is C[SiH](Cl)c1cc(C(=O)Cl)cc([SiH](C)Cl)c1. The maximum atomic E-state index is 11.1. The van der Waals surface area contributed by atoms with Crippen molar-refractivity contribution in [3.8, 4) is 0 Å². The van der Waals surface area contributed by atoms with E-state index in [1.807, 2.05) is 19.2 Å². The molecular formula is C9H11Cl3OSi2. The zero-order valence-electron chi connectivity index (χ0n) is 8.43. The number of hydrogen-bond donors (Lipinski definition) is 0. The lowest BCUT2D eigenvalue weighted by Crippen LogP contribution is -2.31. The van der Waals surface area contributed by atoms with Crippen LogP contribution in [0.25, 0.3) is 0 Å². The fraction of sp³-hybridized carbons (Fsp3) is 0.222. The van der Waals surface area contributed by atoms with E-state index in [1.54, 1.807) is 12.1 Å². The maximum Gasteiger partial charge on any atom is 0.252 e. The standard InChI is InChI=1S/C9H11Cl3OSi2/c1-14(11)7-3-6(9(10)13)4-8(5-7)15(2)12/h3-5,14-15H,1-2H3. The second-order valence-electron chi connectivity index (χ2n) is 3.39. The molecule has 0 bridgehead atoms. The summed E-state index contributed by atoms with van der Waals surface area (Å²) in [5, 5.41) is 1.60. The van der Waals surface area contributed by atoms with Crippen LogP contribution in [0.2, 0.25) is 13.1 Å². The van der Waals surface area contributed by atoms with Gasteiger partial charge in [-0.2, -0.15) is 22.2 Å². The Labute approximate surface area is 107 Å². The molecule has 0 saturated carbocycles. The van der Waals surface area contributed by atoms with Crippen LogP contribution in [0.15, 0.2) is 18.2 Å². The molecule has 0 aliphatic heterocycles. The molecule has 2 unspecified atom stereocenters. The Balaban J connectivity index is 3.26. The highest BCUT2D eigenvalue weighted by molar-refractivity contribution is 7.15. The predicted molar refractivity (Wildman–Crippen MR) is 73.6 cm³/mol. The Kier molecular flexibility index (Phi) is 4.86. The van der Waals surface area contributed by atoms with Crippen molar-refractivity contribution in [3.05, 3.63) is 23.8 Å². The van der Waals surface area contributed by atoms with E-state index in [-0.39, 0.29) is 0 Å². The Hall–Kier alpha value is 0.194. The molecule has 0 amide bonds. The molecule has 1 aromatic carbocycles. The van der Waals surface area contributed by atoms with Crippen molar-refractivity contribution in [3.63, 3.8) is 0 Å². The number of rotatable bonds is 3. The Morgan fingerprint density at radius 2 is 1.47 bits per heavy atom. The summed E-state index contributed by atoms with van der Waals surface area (Å²) in [6.07, 6.45) is 0. The molecular weight excluding hydrogens is 287 g/mol. The van der Waals surface area contributed by atoms with Crippen LogP contribution in [0.3, 0.4) is 0 Å². The Morgan fingerprint density at radius 1 is 1.07 bits per heavy atom. The number of hydrogen-bond acceptors (Lipinski definition) is 1. The molecule has 0 saturated heterocycles. The van der Waals surface area contributed by atoms with Crippen LogP contribution in [0.4, 0.5) is 0 Å². The molecule has 0 radical (unpaired) electrons. The van der Waals surface area contributed by atoms with Gasteiger partial charge in [0.15, 0.2) is 16.2 Å². The van der Waals surface area contributed by atoms with Crippen LogP contribution in [0, 0.1) is 0 Å². The Bertz CT molecular complexity index is 353. The van der Waals surface area contributed by atoms with Crippen LogP contribution in [-0.4, -0.2) is 21.5 Å². The third kappa shape index (κ3) is 3.61. The fourth-order valence-corrected chi connectivity index (χ4v) is 3.97. The summed E-state index contributed by atoms with van der Waals surface area (Å²) in [5.41, 5.74) is 0.504. The third-order valence-electron chi connectivity index (χ3n) is 2.12. The first-order chi connectivity index (χ1) is 6.91. The van der Waals surface area contributed by atoms with Gasteiger partial charge in [0.1, 0.15) is 0 Å². The fourth-order valence-electron chi connectivity index (χ4n) is 1.25. The monoisotopic (exact) mass is 296 g/mol. The molecule has 0 spiro atoms. The topological polar surface area (TPSA) is 17.1 Å². The second-order valence-corrected chi connectivity index (χ2v) is 11.5. The first-order valence-electron chi connectivity index (χ1n) is 4.54. The van der Waals surface area contributed by atoms with Crippen LogP contribution in [0.1, 0.15) is 10.4 Å². The van der Waals surface area contributed by atoms with Gasteiger partial charge in [0.2, 0.25) is 0 Å². The summed E-state index contributed by atoms with van der Waals surface area (Å²) >= 11 is 17.7. The molecule has 0 fully saturated rings. The minimum atomic E-state index is -1.44. The largest absolute Gasteiger partial charge is 0.276 e. The van der Waals surface area contributed by atoms with Gasteiger partial charge < -0.3 is 0 Å². The molecule has 15 heavy (non-hydrogen) atoms. The summed E-state index contributed by atoms with van der Waals surface area (Å²) in [4.78, 5) is 11.1. The highest BCUT2D eigenvalue weighted by Gasteiger charge is 2.13. The van der Waals surface area contributed by atoms with E-state index in [2.05, 4.69) is 0 Å². The van der Waals surface area contributed by atoms with Gasteiger partial charge in [0.25, 0.3) is 5.24 Å². The number of halogens is 3. The molecule has 0 aliphatic rings. The van der Waals surface area contributed by atoms with E-state index >= 15 is 0 Å². The average Bonchev–Trinajstić information content (AvgIpc) is 2.16. The zero-order chi connectivity index (χ0) is 11.6. The molecule has 1 rings (SSSR count). The van der Waals surface area contributed by atoms with Gasteiger partial charge in [0, 0.05) is 5.56 Å². The lowest BCUT2D eigenvalue weighted by atomic mass is 10.2. The molecule has 0 aromatic heterocycles. The van der Waals surface area contributed by atoms with Crippen LogP contribution < -0.4 is 10.4 Å². The van der Waals surface area contributed by atoms with E-state index < -0.39 is 21.5 Å². The van der Waals surface area contributed by atoms with Gasteiger partial charge in [0.05, 0.1) is 0 Å². The van der Waals surface area contributed by atoms with Crippen molar-refractivity contribution >= 4 is 65.6 Å². The summed E-state index contributed by atoms with van der Waals surface area (Å²) in [5.74, 6) is 0. The summed E-state index contributed by atoms with van der Waals surface area (Å²) in [6, 6.07) is 5.56. The molecule has 82 valence electrons. The smallest absolute Gasteiger partial charge is 0.252 e. The lowest BCUT2D eigenvalue weighted by molar-refractivity contribution is 0.108. The molecule has 2 atom stereocenters. The van der Waals surface area contributed by atoms with Crippen LogP contribution >= 0.6 is 33.8 Å². The molecule has 1 aromatic rings. The number of carbonyl (C=O) groups excluding carboxylic acids is 1. The molecule has 0 heterocycles. The van der Waals surface area contributed by atoms with E-state index in [1.165, 1.54) is 0 Å². The lowest BCUT2D eigenvalue weighted by Gasteiger charge is -2.09. The molecule has 0 N–H and O–H groups in total. The van der Waals surface area contributed by atoms with E-state index in [4.69, 9.17) is 33.8 Å². The molecule has 1 nitrogen and oxygen atoms in total. The van der Waals surface area contributed by atoms with Gasteiger partial charge in [-0.05, 0) is 34.1 Å². The van der Waals surface area contributed by atoms with E-state index in [0.29, 0.717) is 5.56 Å². The van der Waals surface area contributed by atoms with Gasteiger partial charge in [-0.1, -0.05) is 19.2 Å². The van der Waals surface area contributed by atoms with Crippen molar-refractivity contribution in [2.75, 3.05) is 0 Å².